The zero-order chi connectivity index (χ0) is 19.3. The number of hydrogen-bond acceptors (Lipinski definition) is 3. The standard InChI is InChI=1S/C20H28N4O2/c1-6-15-7-9-16(10-8-15)22-19(25)20(26)23-17-11-21-24(12-13(2)3)18(17)14(4)5/h7-11,13-14H,6,12H2,1-5H3,(H,22,25)(H,23,26). The van der Waals surface area contributed by atoms with Crippen molar-refractivity contribution in [2.45, 2.75) is 53.5 Å². The van der Waals surface area contributed by atoms with Crippen molar-refractivity contribution < 1.29 is 9.59 Å². The summed E-state index contributed by atoms with van der Waals surface area (Å²) in [5, 5.41) is 9.68. The van der Waals surface area contributed by atoms with Crippen LogP contribution in [0.5, 0.6) is 0 Å². The van der Waals surface area contributed by atoms with Gasteiger partial charge in [-0.1, -0.05) is 46.8 Å². The first-order chi connectivity index (χ1) is 12.3. The third kappa shape index (κ3) is 4.94. The third-order valence-electron chi connectivity index (χ3n) is 4.04. The molecule has 140 valence electrons. The van der Waals surface area contributed by atoms with Gasteiger partial charge in [0, 0.05) is 12.2 Å². The first-order valence-corrected chi connectivity index (χ1v) is 9.08. The molecule has 2 N–H and O–H groups in total. The second-order valence-electron chi connectivity index (χ2n) is 7.13. The molecule has 26 heavy (non-hydrogen) atoms. The van der Waals surface area contributed by atoms with Gasteiger partial charge in [0.05, 0.1) is 17.6 Å². The fourth-order valence-corrected chi connectivity index (χ4v) is 2.78. The zero-order valence-electron chi connectivity index (χ0n) is 16.2. The van der Waals surface area contributed by atoms with E-state index >= 15 is 0 Å². The first-order valence-electron chi connectivity index (χ1n) is 9.08. The number of nitrogens with one attached hydrogen (secondary N) is 2. The molecule has 0 saturated carbocycles. The van der Waals surface area contributed by atoms with Gasteiger partial charge in [0.2, 0.25) is 0 Å². The molecule has 0 aliphatic rings. The minimum atomic E-state index is -0.699. The van der Waals surface area contributed by atoms with E-state index in [0.717, 1.165) is 18.7 Å². The van der Waals surface area contributed by atoms with Gasteiger partial charge in [-0.2, -0.15) is 5.10 Å². The third-order valence-corrected chi connectivity index (χ3v) is 4.04. The molecule has 0 unspecified atom stereocenters. The van der Waals surface area contributed by atoms with Crippen LogP contribution in [-0.2, 0) is 22.6 Å². The summed E-state index contributed by atoms with van der Waals surface area (Å²) in [7, 11) is 0. The Morgan fingerprint density at radius 1 is 1.04 bits per heavy atom. The molecule has 1 aromatic carbocycles. The van der Waals surface area contributed by atoms with E-state index in [1.165, 1.54) is 5.56 Å². The summed E-state index contributed by atoms with van der Waals surface area (Å²) in [5.41, 5.74) is 3.28. The Kier molecular flexibility index (Phi) is 6.55. The van der Waals surface area contributed by atoms with Gasteiger partial charge in [0.15, 0.2) is 0 Å². The van der Waals surface area contributed by atoms with Gasteiger partial charge in [-0.05, 0) is 36.0 Å². The van der Waals surface area contributed by atoms with Crippen LogP contribution in [0, 0.1) is 5.92 Å². The molecule has 2 rings (SSSR count). The Morgan fingerprint density at radius 3 is 2.19 bits per heavy atom. The van der Waals surface area contributed by atoms with Crippen molar-refractivity contribution in [2.24, 2.45) is 5.92 Å². The van der Waals surface area contributed by atoms with E-state index in [1.807, 2.05) is 30.7 Å². The van der Waals surface area contributed by atoms with Crippen LogP contribution in [0.15, 0.2) is 30.5 Å². The predicted molar refractivity (Wildman–Crippen MR) is 104 cm³/mol. The van der Waals surface area contributed by atoms with Gasteiger partial charge >= 0.3 is 11.8 Å². The molecule has 1 aromatic heterocycles. The van der Waals surface area contributed by atoms with Crippen LogP contribution in [0.2, 0.25) is 0 Å². The van der Waals surface area contributed by atoms with E-state index < -0.39 is 11.8 Å². The number of carbonyl (C=O) groups excluding carboxylic acids is 2. The molecule has 0 bridgehead atoms. The first kappa shape index (κ1) is 19.7. The van der Waals surface area contributed by atoms with Crippen LogP contribution in [0.4, 0.5) is 11.4 Å². The molecule has 0 aliphatic carbocycles. The zero-order valence-corrected chi connectivity index (χ0v) is 16.2. The van der Waals surface area contributed by atoms with Crippen molar-refractivity contribution in [1.82, 2.24) is 9.78 Å². The summed E-state index contributed by atoms with van der Waals surface area (Å²) < 4.78 is 1.90. The number of aryl methyl sites for hydroxylation is 1. The lowest BCUT2D eigenvalue weighted by atomic mass is 10.1. The molecule has 0 spiro atoms. The van der Waals surface area contributed by atoms with E-state index in [4.69, 9.17) is 0 Å². The maximum Gasteiger partial charge on any atom is 0.314 e. The van der Waals surface area contributed by atoms with E-state index in [0.29, 0.717) is 17.3 Å². The highest BCUT2D eigenvalue weighted by molar-refractivity contribution is 6.43. The lowest BCUT2D eigenvalue weighted by Crippen LogP contribution is -2.29. The van der Waals surface area contributed by atoms with Crippen molar-refractivity contribution in [2.75, 3.05) is 10.6 Å². The van der Waals surface area contributed by atoms with Crippen molar-refractivity contribution in [1.29, 1.82) is 0 Å². The average Bonchev–Trinajstić information content (AvgIpc) is 2.97. The maximum absolute atomic E-state index is 12.3. The Bertz CT molecular complexity index is 761. The number of amides is 2. The van der Waals surface area contributed by atoms with E-state index in [1.54, 1.807) is 18.3 Å². The molecule has 2 amide bonds. The Balaban J connectivity index is 2.08. The molecule has 2 aromatic rings. The number of hydrogen-bond donors (Lipinski definition) is 2. The monoisotopic (exact) mass is 356 g/mol. The fraction of sp³-hybridized carbons (Fsp3) is 0.450. The van der Waals surface area contributed by atoms with Crippen molar-refractivity contribution in [3.8, 4) is 0 Å². The number of rotatable bonds is 6. The lowest BCUT2D eigenvalue weighted by Gasteiger charge is -2.14. The summed E-state index contributed by atoms with van der Waals surface area (Å²) in [6.07, 6.45) is 2.53. The summed E-state index contributed by atoms with van der Waals surface area (Å²) in [5.74, 6) is -0.780. The minimum Gasteiger partial charge on any atom is -0.318 e. The summed E-state index contributed by atoms with van der Waals surface area (Å²) in [6.45, 7) is 11.1. The van der Waals surface area contributed by atoms with Gasteiger partial charge < -0.3 is 10.6 Å². The molecule has 0 saturated heterocycles. The van der Waals surface area contributed by atoms with Crippen LogP contribution >= 0.6 is 0 Å². The lowest BCUT2D eigenvalue weighted by molar-refractivity contribution is -0.133. The van der Waals surface area contributed by atoms with Crippen LogP contribution < -0.4 is 10.6 Å². The van der Waals surface area contributed by atoms with Crippen molar-refractivity contribution in [3.63, 3.8) is 0 Å². The second-order valence-corrected chi connectivity index (χ2v) is 7.13. The van der Waals surface area contributed by atoms with E-state index in [2.05, 4.69) is 36.5 Å². The van der Waals surface area contributed by atoms with Crippen molar-refractivity contribution in [3.05, 3.63) is 41.7 Å². The van der Waals surface area contributed by atoms with Crippen molar-refractivity contribution >= 4 is 23.2 Å². The van der Waals surface area contributed by atoms with Gasteiger partial charge in [-0.3, -0.25) is 14.3 Å². The van der Waals surface area contributed by atoms with Crippen LogP contribution in [0.3, 0.4) is 0 Å². The van der Waals surface area contributed by atoms with E-state index in [9.17, 15) is 9.59 Å². The van der Waals surface area contributed by atoms with Gasteiger partial charge in [-0.15, -0.1) is 0 Å². The molecule has 0 fully saturated rings. The number of anilines is 2. The second kappa shape index (κ2) is 8.65. The molecule has 1 heterocycles. The summed E-state index contributed by atoms with van der Waals surface area (Å²) in [4.78, 5) is 24.5. The topological polar surface area (TPSA) is 76.0 Å². The van der Waals surface area contributed by atoms with Gasteiger partial charge in [0.1, 0.15) is 0 Å². The number of benzene rings is 1. The quantitative estimate of drug-likeness (QED) is 0.773. The summed E-state index contributed by atoms with van der Waals surface area (Å²) in [6, 6.07) is 7.45. The number of nitrogens with zero attached hydrogens (tertiary/aromatic N) is 2. The van der Waals surface area contributed by atoms with Gasteiger partial charge in [-0.25, -0.2) is 0 Å². The van der Waals surface area contributed by atoms with Crippen LogP contribution in [-0.4, -0.2) is 21.6 Å². The maximum atomic E-state index is 12.3. The predicted octanol–water partition coefficient (Wildman–Crippen LogP) is 3.80. The highest BCUT2D eigenvalue weighted by Gasteiger charge is 2.20. The SMILES string of the molecule is CCc1ccc(NC(=O)C(=O)Nc2cnn(CC(C)C)c2C(C)C)cc1. The molecule has 6 heteroatoms. The Morgan fingerprint density at radius 2 is 1.65 bits per heavy atom. The summed E-state index contributed by atoms with van der Waals surface area (Å²) >= 11 is 0. The molecule has 0 radical (unpaired) electrons. The van der Waals surface area contributed by atoms with E-state index in [-0.39, 0.29) is 5.92 Å². The molecule has 0 aliphatic heterocycles. The Labute approximate surface area is 155 Å². The molecular formula is C20H28N4O2. The fourth-order valence-electron chi connectivity index (χ4n) is 2.78. The highest BCUT2D eigenvalue weighted by atomic mass is 16.2. The Hall–Kier alpha value is -2.63. The average molecular weight is 356 g/mol. The minimum absolute atomic E-state index is 0.177. The molecule has 0 atom stereocenters. The van der Waals surface area contributed by atoms with Crippen LogP contribution in [0.1, 0.15) is 51.8 Å². The van der Waals surface area contributed by atoms with Crippen LogP contribution in [0.25, 0.3) is 0 Å². The number of aromatic nitrogens is 2. The highest BCUT2D eigenvalue weighted by Crippen LogP contribution is 2.25. The smallest absolute Gasteiger partial charge is 0.314 e. The van der Waals surface area contributed by atoms with Gasteiger partial charge in [0.25, 0.3) is 0 Å². The molecular weight excluding hydrogens is 328 g/mol. The largest absolute Gasteiger partial charge is 0.318 e. The number of carbonyl (C=O) groups is 2. The molecule has 6 nitrogen and oxygen atoms in total. The normalized spacial score (nSPS) is 11.0.